The lowest BCUT2D eigenvalue weighted by molar-refractivity contribution is 0.0697. The molecule has 4 nitrogen and oxygen atoms in total. The van der Waals surface area contributed by atoms with Crippen LogP contribution < -0.4 is 0 Å². The smallest absolute Gasteiger partial charge is 0.335 e. The molecule has 4 rings (SSSR count). The standard InChI is InChI=1S/C16H18N2O2/c1-9-17-13-8-12(16(19)20)6-7-14(13)18(9)15(10-2-3-10)11-4-5-11/h6-8,10-11,15H,2-5H2,1H3,(H,19,20). The van der Waals surface area contributed by atoms with Crippen LogP contribution in [0.15, 0.2) is 18.2 Å². The van der Waals surface area contributed by atoms with E-state index in [0.29, 0.717) is 11.6 Å². The molecule has 1 N–H and O–H groups in total. The number of fused-ring (bicyclic) bond motifs is 1. The van der Waals surface area contributed by atoms with E-state index in [9.17, 15) is 4.79 Å². The summed E-state index contributed by atoms with van der Waals surface area (Å²) in [5, 5.41) is 9.09. The first-order valence-electron chi connectivity index (χ1n) is 7.37. The van der Waals surface area contributed by atoms with Crippen molar-refractivity contribution >= 4 is 17.0 Å². The minimum atomic E-state index is -0.889. The van der Waals surface area contributed by atoms with Crippen molar-refractivity contribution in [2.24, 2.45) is 11.8 Å². The quantitative estimate of drug-likeness (QED) is 0.926. The van der Waals surface area contributed by atoms with Crippen LogP contribution in [-0.4, -0.2) is 20.6 Å². The fraction of sp³-hybridized carbons (Fsp3) is 0.500. The van der Waals surface area contributed by atoms with E-state index >= 15 is 0 Å². The summed E-state index contributed by atoms with van der Waals surface area (Å²) in [6, 6.07) is 5.89. The summed E-state index contributed by atoms with van der Waals surface area (Å²) in [4.78, 5) is 15.7. The molecule has 0 bridgehead atoms. The normalized spacial score (nSPS) is 18.9. The molecule has 4 heteroatoms. The van der Waals surface area contributed by atoms with Crippen molar-refractivity contribution in [3.05, 3.63) is 29.6 Å². The van der Waals surface area contributed by atoms with E-state index < -0.39 is 5.97 Å². The van der Waals surface area contributed by atoms with E-state index in [1.54, 1.807) is 12.1 Å². The summed E-state index contributed by atoms with van der Waals surface area (Å²) < 4.78 is 2.37. The maximum Gasteiger partial charge on any atom is 0.335 e. The third-order valence-corrected chi connectivity index (χ3v) is 4.62. The topological polar surface area (TPSA) is 55.1 Å². The van der Waals surface area contributed by atoms with Gasteiger partial charge in [0, 0.05) is 6.04 Å². The highest BCUT2D eigenvalue weighted by Gasteiger charge is 2.43. The Hall–Kier alpha value is -1.84. The molecule has 0 atom stereocenters. The molecular formula is C16H18N2O2. The zero-order valence-electron chi connectivity index (χ0n) is 11.5. The molecule has 20 heavy (non-hydrogen) atoms. The van der Waals surface area contributed by atoms with Gasteiger partial charge < -0.3 is 9.67 Å². The van der Waals surface area contributed by atoms with Crippen molar-refractivity contribution in [2.45, 2.75) is 38.6 Å². The first kappa shape index (κ1) is 11.9. The molecule has 104 valence electrons. The highest BCUT2D eigenvalue weighted by atomic mass is 16.4. The second-order valence-corrected chi connectivity index (χ2v) is 6.20. The summed E-state index contributed by atoms with van der Waals surface area (Å²) in [6.45, 7) is 2.04. The van der Waals surface area contributed by atoms with Gasteiger partial charge in [0.25, 0.3) is 0 Å². The average molecular weight is 270 g/mol. The zero-order chi connectivity index (χ0) is 13.9. The van der Waals surface area contributed by atoms with E-state index in [-0.39, 0.29) is 0 Å². The minimum Gasteiger partial charge on any atom is -0.478 e. The van der Waals surface area contributed by atoms with Gasteiger partial charge in [0.2, 0.25) is 0 Å². The van der Waals surface area contributed by atoms with Crippen LogP contribution in [0, 0.1) is 18.8 Å². The molecule has 0 saturated heterocycles. The van der Waals surface area contributed by atoms with E-state index in [2.05, 4.69) is 9.55 Å². The van der Waals surface area contributed by atoms with Gasteiger partial charge in [0.1, 0.15) is 5.82 Å². The van der Waals surface area contributed by atoms with Crippen molar-refractivity contribution in [3.63, 3.8) is 0 Å². The Morgan fingerprint density at radius 3 is 2.50 bits per heavy atom. The molecule has 0 aliphatic heterocycles. The third kappa shape index (κ3) is 1.82. The van der Waals surface area contributed by atoms with Crippen molar-refractivity contribution < 1.29 is 9.90 Å². The number of hydrogen-bond acceptors (Lipinski definition) is 2. The fourth-order valence-electron chi connectivity index (χ4n) is 3.41. The Morgan fingerprint density at radius 1 is 1.30 bits per heavy atom. The Kier molecular flexibility index (Phi) is 2.43. The number of hydrogen-bond donors (Lipinski definition) is 1. The number of aromatic carboxylic acids is 1. The van der Waals surface area contributed by atoms with Crippen LogP contribution >= 0.6 is 0 Å². The number of aromatic nitrogens is 2. The summed E-state index contributed by atoms with van der Waals surface area (Å²) in [7, 11) is 0. The van der Waals surface area contributed by atoms with E-state index in [0.717, 1.165) is 28.7 Å². The van der Waals surface area contributed by atoms with Gasteiger partial charge in [-0.3, -0.25) is 0 Å². The van der Waals surface area contributed by atoms with Gasteiger partial charge in [-0.05, 0) is 62.6 Å². The highest BCUT2D eigenvalue weighted by molar-refractivity contribution is 5.92. The third-order valence-electron chi connectivity index (χ3n) is 4.62. The zero-order valence-corrected chi connectivity index (χ0v) is 11.5. The van der Waals surface area contributed by atoms with Gasteiger partial charge in [0.05, 0.1) is 16.6 Å². The molecule has 2 aliphatic rings. The highest BCUT2D eigenvalue weighted by Crippen LogP contribution is 2.53. The number of nitrogens with zero attached hydrogens (tertiary/aromatic N) is 2. The van der Waals surface area contributed by atoms with Crippen molar-refractivity contribution in [1.29, 1.82) is 0 Å². The van der Waals surface area contributed by atoms with Crippen LogP contribution in [0.3, 0.4) is 0 Å². The second-order valence-electron chi connectivity index (χ2n) is 6.20. The van der Waals surface area contributed by atoms with Crippen molar-refractivity contribution in [1.82, 2.24) is 9.55 Å². The SMILES string of the molecule is Cc1nc2cc(C(=O)O)ccc2n1C(C1CC1)C1CC1. The fourth-order valence-corrected chi connectivity index (χ4v) is 3.41. The summed E-state index contributed by atoms with van der Waals surface area (Å²) >= 11 is 0. The van der Waals surface area contributed by atoms with Crippen LogP contribution in [0.4, 0.5) is 0 Å². The Morgan fingerprint density at radius 2 is 1.95 bits per heavy atom. The molecule has 0 amide bonds. The largest absolute Gasteiger partial charge is 0.478 e. The molecule has 1 aromatic heterocycles. The Bertz CT molecular complexity index is 684. The van der Waals surface area contributed by atoms with Gasteiger partial charge >= 0.3 is 5.97 Å². The second kappa shape index (κ2) is 4.08. The van der Waals surface area contributed by atoms with Gasteiger partial charge in [-0.2, -0.15) is 0 Å². The van der Waals surface area contributed by atoms with Crippen LogP contribution in [0.2, 0.25) is 0 Å². The minimum absolute atomic E-state index is 0.316. The number of carboxylic acid groups (broad SMARTS) is 1. The van der Waals surface area contributed by atoms with E-state index in [4.69, 9.17) is 5.11 Å². The molecule has 2 fully saturated rings. The van der Waals surface area contributed by atoms with Crippen molar-refractivity contribution in [2.75, 3.05) is 0 Å². The molecule has 2 aromatic rings. The predicted molar refractivity (Wildman–Crippen MR) is 75.9 cm³/mol. The lowest BCUT2D eigenvalue weighted by Crippen LogP contribution is -2.15. The predicted octanol–water partition coefficient (Wildman–Crippen LogP) is 3.40. The van der Waals surface area contributed by atoms with Crippen molar-refractivity contribution in [3.8, 4) is 0 Å². The molecule has 1 heterocycles. The number of carboxylic acids is 1. The Labute approximate surface area is 117 Å². The first-order valence-corrected chi connectivity index (χ1v) is 7.37. The molecule has 1 aromatic carbocycles. The first-order chi connectivity index (χ1) is 9.65. The molecule has 0 unspecified atom stereocenters. The van der Waals surface area contributed by atoms with E-state index in [1.807, 2.05) is 13.0 Å². The van der Waals surface area contributed by atoms with Gasteiger partial charge in [-0.15, -0.1) is 0 Å². The van der Waals surface area contributed by atoms with Gasteiger partial charge in [0.15, 0.2) is 0 Å². The van der Waals surface area contributed by atoms with Gasteiger partial charge in [-0.1, -0.05) is 0 Å². The number of aryl methyl sites for hydroxylation is 1. The molecule has 2 aliphatic carbocycles. The average Bonchev–Trinajstić information content (AvgIpc) is 3.30. The number of rotatable bonds is 4. The summed E-state index contributed by atoms with van der Waals surface area (Å²) in [5.74, 6) is 1.74. The lowest BCUT2D eigenvalue weighted by atomic mass is 10.1. The monoisotopic (exact) mass is 270 g/mol. The molecule has 2 saturated carbocycles. The summed E-state index contributed by atoms with van der Waals surface area (Å²) in [6.07, 6.45) is 5.31. The van der Waals surface area contributed by atoms with Gasteiger partial charge in [-0.25, -0.2) is 9.78 Å². The number of benzene rings is 1. The maximum atomic E-state index is 11.1. The lowest BCUT2D eigenvalue weighted by Gasteiger charge is -2.20. The maximum absolute atomic E-state index is 11.1. The van der Waals surface area contributed by atoms with Crippen LogP contribution in [0.25, 0.3) is 11.0 Å². The number of carbonyl (C=O) groups is 1. The van der Waals surface area contributed by atoms with Crippen LogP contribution in [0.1, 0.15) is 47.9 Å². The molecule has 0 spiro atoms. The molecule has 0 radical (unpaired) electrons. The summed E-state index contributed by atoms with van der Waals surface area (Å²) in [5.41, 5.74) is 2.22. The van der Waals surface area contributed by atoms with Crippen LogP contribution in [0.5, 0.6) is 0 Å². The molecular weight excluding hydrogens is 252 g/mol. The van der Waals surface area contributed by atoms with E-state index in [1.165, 1.54) is 25.7 Å². The Balaban J connectivity index is 1.85. The van der Waals surface area contributed by atoms with Crippen LogP contribution in [-0.2, 0) is 0 Å². The number of imidazole rings is 1.